The quantitative estimate of drug-likeness (QED) is 0.632. The highest BCUT2D eigenvalue weighted by atomic mass is 16.5. The van der Waals surface area contributed by atoms with Crippen LogP contribution in [0.2, 0.25) is 0 Å². The molecule has 1 amide bonds. The molecule has 5 heteroatoms. The summed E-state index contributed by atoms with van der Waals surface area (Å²) in [5.41, 5.74) is 4.79. The number of carbonyl (C=O) groups is 1. The van der Waals surface area contributed by atoms with Crippen LogP contribution in [0.5, 0.6) is 17.2 Å². The maximum absolute atomic E-state index is 12.6. The van der Waals surface area contributed by atoms with E-state index in [1.54, 1.807) is 33.5 Å². The second kappa shape index (κ2) is 10.2. The molecule has 2 aromatic carbocycles. The number of hydrogen-bond donors (Lipinski definition) is 1. The molecule has 0 heterocycles. The summed E-state index contributed by atoms with van der Waals surface area (Å²) in [4.78, 5) is 12.6. The first-order valence-electron chi connectivity index (χ1n) is 10.5. The SMILES string of the molecule is CC[C@H](NC(=O)/C=C/c1ccc(OC)c(OC)c1OC)c1ccc2c(c1)CCCC2. The number of carbonyl (C=O) groups excluding carboxylic acids is 1. The molecule has 0 unspecified atom stereocenters. The van der Waals surface area contributed by atoms with Crippen LogP contribution >= 0.6 is 0 Å². The standard InChI is InChI=1S/C25H31NO4/c1-5-21(20-11-10-17-8-6-7-9-19(17)16-20)26-23(27)15-13-18-12-14-22(28-2)25(30-4)24(18)29-3/h10-16,21H,5-9H2,1-4H3,(H,26,27)/b15-13+/t21-/m0/s1. The van der Waals surface area contributed by atoms with Gasteiger partial charge in [0.25, 0.3) is 0 Å². The Hall–Kier alpha value is -2.95. The van der Waals surface area contributed by atoms with Gasteiger partial charge >= 0.3 is 0 Å². The van der Waals surface area contributed by atoms with Crippen LogP contribution < -0.4 is 19.5 Å². The van der Waals surface area contributed by atoms with Gasteiger partial charge in [-0.1, -0.05) is 25.1 Å². The van der Waals surface area contributed by atoms with E-state index < -0.39 is 0 Å². The predicted molar refractivity (Wildman–Crippen MR) is 119 cm³/mol. The van der Waals surface area contributed by atoms with Crippen molar-refractivity contribution in [3.8, 4) is 17.2 Å². The lowest BCUT2D eigenvalue weighted by molar-refractivity contribution is -0.117. The number of nitrogens with one attached hydrogen (secondary N) is 1. The van der Waals surface area contributed by atoms with E-state index in [0.29, 0.717) is 17.2 Å². The molecule has 2 aromatic rings. The van der Waals surface area contributed by atoms with Gasteiger partial charge in [-0.05, 0) is 67.0 Å². The largest absolute Gasteiger partial charge is 0.493 e. The Kier molecular flexibility index (Phi) is 7.39. The highest BCUT2D eigenvalue weighted by Gasteiger charge is 2.17. The molecular weight excluding hydrogens is 378 g/mol. The van der Waals surface area contributed by atoms with Crippen LogP contribution in [-0.4, -0.2) is 27.2 Å². The molecule has 0 fully saturated rings. The van der Waals surface area contributed by atoms with Crippen molar-refractivity contribution in [1.29, 1.82) is 0 Å². The van der Waals surface area contributed by atoms with E-state index in [-0.39, 0.29) is 11.9 Å². The second-order valence-electron chi connectivity index (χ2n) is 7.46. The van der Waals surface area contributed by atoms with E-state index in [2.05, 4.69) is 30.4 Å². The van der Waals surface area contributed by atoms with Crippen LogP contribution in [0.1, 0.15) is 54.5 Å². The number of rotatable bonds is 8. The molecule has 3 rings (SSSR count). The first-order chi connectivity index (χ1) is 14.6. The highest BCUT2D eigenvalue weighted by Crippen LogP contribution is 2.40. The number of fused-ring (bicyclic) bond motifs is 1. The Morgan fingerprint density at radius 2 is 1.73 bits per heavy atom. The van der Waals surface area contributed by atoms with Crippen molar-refractivity contribution in [2.24, 2.45) is 0 Å². The van der Waals surface area contributed by atoms with E-state index in [0.717, 1.165) is 24.8 Å². The molecule has 0 bridgehead atoms. The molecule has 0 saturated heterocycles. The fourth-order valence-electron chi connectivity index (χ4n) is 4.03. The van der Waals surface area contributed by atoms with Crippen LogP contribution in [-0.2, 0) is 17.6 Å². The minimum atomic E-state index is -0.142. The molecule has 5 nitrogen and oxygen atoms in total. The minimum Gasteiger partial charge on any atom is -0.493 e. The number of hydrogen-bond acceptors (Lipinski definition) is 4. The Labute approximate surface area is 179 Å². The summed E-state index contributed by atoms with van der Waals surface area (Å²) in [6, 6.07) is 10.3. The van der Waals surface area contributed by atoms with Crippen LogP contribution in [0.3, 0.4) is 0 Å². The van der Waals surface area contributed by atoms with E-state index in [4.69, 9.17) is 14.2 Å². The van der Waals surface area contributed by atoms with Crippen molar-refractivity contribution in [1.82, 2.24) is 5.32 Å². The topological polar surface area (TPSA) is 56.8 Å². The van der Waals surface area contributed by atoms with Crippen molar-refractivity contribution >= 4 is 12.0 Å². The summed E-state index contributed by atoms with van der Waals surface area (Å²) in [5, 5.41) is 3.13. The maximum atomic E-state index is 12.6. The predicted octanol–water partition coefficient (Wildman–Crippen LogP) is 4.87. The third kappa shape index (κ3) is 4.78. The van der Waals surface area contributed by atoms with Crippen LogP contribution in [0.4, 0.5) is 0 Å². The molecule has 1 aliphatic carbocycles. The maximum Gasteiger partial charge on any atom is 0.244 e. The lowest BCUT2D eigenvalue weighted by atomic mass is 9.89. The summed E-state index contributed by atoms with van der Waals surface area (Å²) < 4.78 is 16.2. The molecule has 1 N–H and O–H groups in total. The number of methoxy groups -OCH3 is 3. The third-order valence-electron chi connectivity index (χ3n) is 5.65. The monoisotopic (exact) mass is 409 g/mol. The molecule has 0 aliphatic heterocycles. The fourth-order valence-corrected chi connectivity index (χ4v) is 4.03. The lowest BCUT2D eigenvalue weighted by Gasteiger charge is -2.21. The average molecular weight is 410 g/mol. The van der Waals surface area contributed by atoms with Gasteiger partial charge in [0.2, 0.25) is 11.7 Å². The van der Waals surface area contributed by atoms with Crippen molar-refractivity contribution in [3.63, 3.8) is 0 Å². The van der Waals surface area contributed by atoms with E-state index in [9.17, 15) is 4.79 Å². The summed E-state index contributed by atoms with van der Waals surface area (Å²) in [6.07, 6.45) is 8.90. The summed E-state index contributed by atoms with van der Waals surface area (Å²) in [6.45, 7) is 2.09. The second-order valence-corrected chi connectivity index (χ2v) is 7.46. The van der Waals surface area contributed by atoms with Gasteiger partial charge in [-0.25, -0.2) is 0 Å². The fraction of sp³-hybridized carbons (Fsp3) is 0.400. The van der Waals surface area contributed by atoms with Gasteiger partial charge in [0, 0.05) is 11.6 Å². The van der Waals surface area contributed by atoms with Gasteiger partial charge in [-0.3, -0.25) is 4.79 Å². The number of aryl methyl sites for hydroxylation is 2. The molecule has 1 atom stereocenters. The molecular formula is C25H31NO4. The molecule has 0 radical (unpaired) electrons. The van der Waals surface area contributed by atoms with Gasteiger partial charge in [0.1, 0.15) is 0 Å². The lowest BCUT2D eigenvalue weighted by Crippen LogP contribution is -2.26. The zero-order valence-corrected chi connectivity index (χ0v) is 18.3. The Morgan fingerprint density at radius 3 is 2.40 bits per heavy atom. The van der Waals surface area contributed by atoms with Gasteiger partial charge in [0.05, 0.1) is 27.4 Å². The van der Waals surface area contributed by atoms with Gasteiger partial charge in [0.15, 0.2) is 11.5 Å². The first-order valence-corrected chi connectivity index (χ1v) is 10.5. The van der Waals surface area contributed by atoms with Crippen LogP contribution in [0, 0.1) is 0 Å². The highest BCUT2D eigenvalue weighted by molar-refractivity contribution is 5.92. The van der Waals surface area contributed by atoms with Crippen molar-refractivity contribution < 1.29 is 19.0 Å². The Bertz CT molecular complexity index is 920. The van der Waals surface area contributed by atoms with Crippen molar-refractivity contribution in [3.05, 3.63) is 58.7 Å². The summed E-state index contributed by atoms with van der Waals surface area (Å²) in [5.74, 6) is 1.47. The normalized spacial score (nSPS) is 14.1. The zero-order valence-electron chi connectivity index (χ0n) is 18.3. The molecule has 1 aliphatic rings. The summed E-state index contributed by atoms with van der Waals surface area (Å²) in [7, 11) is 4.70. The molecule has 0 aromatic heterocycles. The van der Waals surface area contributed by atoms with Gasteiger partial charge in [-0.15, -0.1) is 0 Å². The minimum absolute atomic E-state index is 0.0123. The molecule has 160 valence electrons. The van der Waals surface area contributed by atoms with E-state index in [1.807, 2.05) is 6.07 Å². The first kappa shape index (κ1) is 21.8. The molecule has 30 heavy (non-hydrogen) atoms. The Balaban J connectivity index is 1.75. The number of ether oxygens (including phenoxy) is 3. The van der Waals surface area contributed by atoms with E-state index >= 15 is 0 Å². The number of benzene rings is 2. The van der Waals surface area contributed by atoms with Crippen LogP contribution in [0.15, 0.2) is 36.4 Å². The molecule has 0 saturated carbocycles. The third-order valence-corrected chi connectivity index (χ3v) is 5.65. The summed E-state index contributed by atoms with van der Waals surface area (Å²) >= 11 is 0. The van der Waals surface area contributed by atoms with Gasteiger partial charge < -0.3 is 19.5 Å². The zero-order chi connectivity index (χ0) is 21.5. The van der Waals surface area contributed by atoms with Gasteiger partial charge in [-0.2, -0.15) is 0 Å². The molecule has 0 spiro atoms. The van der Waals surface area contributed by atoms with Crippen molar-refractivity contribution in [2.75, 3.05) is 21.3 Å². The average Bonchev–Trinajstić information content (AvgIpc) is 2.79. The van der Waals surface area contributed by atoms with E-state index in [1.165, 1.54) is 35.6 Å². The van der Waals surface area contributed by atoms with Crippen LogP contribution in [0.25, 0.3) is 6.08 Å². The number of amides is 1. The van der Waals surface area contributed by atoms with Crippen molar-refractivity contribution in [2.45, 2.75) is 45.1 Å². The smallest absolute Gasteiger partial charge is 0.244 e. The Morgan fingerprint density at radius 1 is 1.00 bits per heavy atom.